The molecule has 1 heterocycles. The molecule has 0 bridgehead atoms. The smallest absolute Gasteiger partial charge is 0.255 e. The quantitative estimate of drug-likeness (QED) is 0.541. The number of hydrogen-bond donors (Lipinski definition) is 1. The summed E-state index contributed by atoms with van der Waals surface area (Å²) in [6, 6.07) is 25.3. The maximum Gasteiger partial charge on any atom is 0.255 e. The van der Waals surface area contributed by atoms with E-state index >= 15 is 0 Å². The minimum Gasteiger partial charge on any atom is -0.354 e. The van der Waals surface area contributed by atoms with E-state index < -0.39 is 6.04 Å². The molecule has 2 amide bonds. The highest BCUT2D eigenvalue weighted by Crippen LogP contribution is 2.26. The van der Waals surface area contributed by atoms with Crippen LogP contribution in [0.15, 0.2) is 83.8 Å². The van der Waals surface area contributed by atoms with Gasteiger partial charge in [0.1, 0.15) is 6.04 Å². The van der Waals surface area contributed by atoms with Crippen LogP contribution in [0.4, 0.5) is 0 Å². The van der Waals surface area contributed by atoms with Crippen LogP contribution in [0.2, 0.25) is 0 Å². The van der Waals surface area contributed by atoms with E-state index in [4.69, 9.17) is 0 Å². The number of fused-ring (bicyclic) bond motifs is 1. The molecule has 0 fully saturated rings. The summed E-state index contributed by atoms with van der Waals surface area (Å²) in [6.45, 7) is 1.01. The molecular formula is C26H26N2O2S. The molecular weight excluding hydrogens is 404 g/mol. The van der Waals surface area contributed by atoms with Crippen LogP contribution in [-0.2, 0) is 24.2 Å². The highest BCUT2D eigenvalue weighted by Gasteiger charge is 2.36. The van der Waals surface area contributed by atoms with E-state index in [-0.39, 0.29) is 11.8 Å². The van der Waals surface area contributed by atoms with Crippen LogP contribution in [0.5, 0.6) is 0 Å². The summed E-state index contributed by atoms with van der Waals surface area (Å²) in [5.41, 5.74) is 3.90. The van der Waals surface area contributed by atoms with Gasteiger partial charge in [-0.25, -0.2) is 0 Å². The zero-order valence-electron chi connectivity index (χ0n) is 17.6. The molecule has 1 aliphatic heterocycles. The van der Waals surface area contributed by atoms with Crippen LogP contribution in [0.1, 0.15) is 27.0 Å². The highest BCUT2D eigenvalue weighted by atomic mass is 32.2. The van der Waals surface area contributed by atoms with Gasteiger partial charge in [-0.3, -0.25) is 9.59 Å². The van der Waals surface area contributed by atoms with Crippen molar-refractivity contribution in [3.05, 3.63) is 101 Å². The number of carbonyl (C=O) groups excluding carboxylic acids is 2. The third-order valence-corrected chi connectivity index (χ3v) is 6.42. The van der Waals surface area contributed by atoms with Gasteiger partial charge in [0.2, 0.25) is 5.91 Å². The molecule has 0 radical (unpaired) electrons. The van der Waals surface area contributed by atoms with Crippen LogP contribution < -0.4 is 5.32 Å². The number of carbonyl (C=O) groups is 2. The van der Waals surface area contributed by atoms with Gasteiger partial charge in [0.05, 0.1) is 0 Å². The van der Waals surface area contributed by atoms with Gasteiger partial charge in [-0.2, -0.15) is 0 Å². The lowest BCUT2D eigenvalue weighted by atomic mass is 10.0. The van der Waals surface area contributed by atoms with Crippen molar-refractivity contribution in [2.24, 2.45) is 0 Å². The largest absolute Gasteiger partial charge is 0.354 e. The lowest BCUT2D eigenvalue weighted by Gasteiger charge is -2.27. The molecule has 158 valence electrons. The van der Waals surface area contributed by atoms with Crippen molar-refractivity contribution in [2.75, 3.05) is 12.8 Å². The minimum absolute atomic E-state index is 0.0701. The fourth-order valence-electron chi connectivity index (χ4n) is 3.95. The summed E-state index contributed by atoms with van der Waals surface area (Å²) in [7, 11) is 0. The number of benzene rings is 3. The summed E-state index contributed by atoms with van der Waals surface area (Å²) in [5, 5.41) is 3.07. The van der Waals surface area contributed by atoms with Crippen LogP contribution in [0.3, 0.4) is 0 Å². The van der Waals surface area contributed by atoms with Gasteiger partial charge < -0.3 is 10.2 Å². The second kappa shape index (κ2) is 9.84. The number of nitrogens with zero attached hydrogens (tertiary/aromatic N) is 1. The fraction of sp³-hybridized carbons (Fsp3) is 0.231. The summed E-state index contributed by atoms with van der Waals surface area (Å²) in [6.07, 6.45) is 3.31. The molecule has 0 aromatic heterocycles. The van der Waals surface area contributed by atoms with Crippen molar-refractivity contribution in [3.8, 4) is 0 Å². The number of nitrogens with one attached hydrogen (secondary N) is 1. The number of thioether (sulfide) groups is 1. The maximum absolute atomic E-state index is 13.2. The van der Waals surface area contributed by atoms with Gasteiger partial charge in [-0.05, 0) is 47.6 Å². The minimum atomic E-state index is -0.541. The zero-order valence-corrected chi connectivity index (χ0v) is 18.4. The van der Waals surface area contributed by atoms with Crippen LogP contribution in [0, 0.1) is 0 Å². The Bertz CT molecular complexity index is 1050. The van der Waals surface area contributed by atoms with Crippen molar-refractivity contribution in [3.63, 3.8) is 0 Å². The van der Waals surface area contributed by atoms with Gasteiger partial charge in [0, 0.05) is 30.0 Å². The molecule has 1 atom stereocenters. The maximum atomic E-state index is 13.2. The zero-order chi connectivity index (χ0) is 21.6. The Morgan fingerprint density at radius 1 is 0.968 bits per heavy atom. The van der Waals surface area contributed by atoms with Crippen molar-refractivity contribution in [1.82, 2.24) is 10.2 Å². The summed E-state index contributed by atoms with van der Waals surface area (Å²) >= 11 is 1.71. The summed E-state index contributed by atoms with van der Waals surface area (Å²) in [5.74, 6) is -0.176. The Morgan fingerprint density at radius 2 is 1.68 bits per heavy atom. The summed E-state index contributed by atoms with van der Waals surface area (Å²) < 4.78 is 0. The van der Waals surface area contributed by atoms with E-state index in [2.05, 4.69) is 35.8 Å². The molecule has 3 aromatic rings. The molecule has 4 rings (SSSR count). The van der Waals surface area contributed by atoms with E-state index in [0.29, 0.717) is 25.1 Å². The molecule has 3 aromatic carbocycles. The topological polar surface area (TPSA) is 49.4 Å². The van der Waals surface area contributed by atoms with Crippen molar-refractivity contribution < 1.29 is 9.59 Å². The molecule has 0 saturated heterocycles. The SMILES string of the molecule is CSc1ccc(CCNC(=O)C(Cc2ccccc2)N2Cc3ccccc3C2=O)cc1. The van der Waals surface area contributed by atoms with Crippen LogP contribution in [-0.4, -0.2) is 35.6 Å². The lowest BCUT2D eigenvalue weighted by Crippen LogP contribution is -2.48. The standard InChI is InChI=1S/C26H26N2O2S/c1-31-22-13-11-19(12-14-22)15-16-27-25(29)24(17-20-7-3-2-4-8-20)28-18-21-9-5-6-10-23(21)26(28)30/h2-14,24H,15-18H2,1H3,(H,27,29). The second-order valence-electron chi connectivity index (χ2n) is 7.68. The average Bonchev–Trinajstić information content (AvgIpc) is 3.15. The van der Waals surface area contributed by atoms with Crippen molar-refractivity contribution >= 4 is 23.6 Å². The highest BCUT2D eigenvalue weighted by molar-refractivity contribution is 7.98. The third kappa shape index (κ3) is 5.00. The Morgan fingerprint density at radius 3 is 2.39 bits per heavy atom. The Kier molecular flexibility index (Phi) is 6.73. The average molecular weight is 431 g/mol. The Labute approximate surface area is 187 Å². The predicted molar refractivity (Wildman–Crippen MR) is 125 cm³/mol. The van der Waals surface area contributed by atoms with E-state index in [9.17, 15) is 9.59 Å². The predicted octanol–water partition coefficient (Wildman–Crippen LogP) is 4.33. The molecule has 5 heteroatoms. The van der Waals surface area contributed by atoms with E-state index in [0.717, 1.165) is 17.5 Å². The van der Waals surface area contributed by atoms with Gasteiger partial charge in [-0.15, -0.1) is 11.8 Å². The van der Waals surface area contributed by atoms with Crippen molar-refractivity contribution in [2.45, 2.75) is 30.3 Å². The molecule has 1 unspecified atom stereocenters. The first-order valence-electron chi connectivity index (χ1n) is 10.5. The molecule has 0 saturated carbocycles. The van der Waals surface area contributed by atoms with E-state index in [1.54, 1.807) is 16.7 Å². The number of hydrogen-bond acceptors (Lipinski definition) is 3. The Hall–Kier alpha value is -3.05. The lowest BCUT2D eigenvalue weighted by molar-refractivity contribution is -0.125. The second-order valence-corrected chi connectivity index (χ2v) is 8.56. The number of amides is 2. The van der Waals surface area contributed by atoms with Gasteiger partial charge in [-0.1, -0.05) is 60.7 Å². The van der Waals surface area contributed by atoms with Crippen molar-refractivity contribution in [1.29, 1.82) is 0 Å². The first-order valence-corrected chi connectivity index (χ1v) is 11.7. The van der Waals surface area contributed by atoms with Crippen LogP contribution in [0.25, 0.3) is 0 Å². The molecule has 4 nitrogen and oxygen atoms in total. The molecule has 0 aliphatic carbocycles. The van der Waals surface area contributed by atoms with E-state index in [1.807, 2.05) is 54.6 Å². The Balaban J connectivity index is 1.46. The monoisotopic (exact) mass is 430 g/mol. The summed E-state index contributed by atoms with van der Waals surface area (Å²) in [4.78, 5) is 29.2. The van der Waals surface area contributed by atoms with Gasteiger partial charge in [0.25, 0.3) is 5.91 Å². The molecule has 1 aliphatic rings. The first kappa shape index (κ1) is 21.2. The van der Waals surface area contributed by atoms with Gasteiger partial charge in [0.15, 0.2) is 0 Å². The van der Waals surface area contributed by atoms with E-state index in [1.165, 1.54) is 10.5 Å². The third-order valence-electron chi connectivity index (χ3n) is 5.67. The first-order chi connectivity index (χ1) is 15.2. The molecule has 31 heavy (non-hydrogen) atoms. The molecule has 1 N–H and O–H groups in total. The normalized spacial score (nSPS) is 13.7. The van der Waals surface area contributed by atoms with Gasteiger partial charge >= 0.3 is 0 Å². The molecule has 0 spiro atoms. The van der Waals surface area contributed by atoms with Crippen LogP contribution >= 0.6 is 11.8 Å². The number of rotatable bonds is 8. The fourth-order valence-corrected chi connectivity index (χ4v) is 4.36.